The summed E-state index contributed by atoms with van der Waals surface area (Å²) in [5.74, 6) is 0. The van der Waals surface area contributed by atoms with Crippen LogP contribution in [0.15, 0.2) is 0 Å². The summed E-state index contributed by atoms with van der Waals surface area (Å²) in [6.45, 7) is 14.0. The van der Waals surface area contributed by atoms with Gasteiger partial charge < -0.3 is 5.32 Å². The highest BCUT2D eigenvalue weighted by molar-refractivity contribution is 4.94. The molecule has 0 amide bonds. The van der Waals surface area contributed by atoms with Crippen molar-refractivity contribution >= 4 is 0 Å². The molecule has 1 unspecified atom stereocenters. The van der Waals surface area contributed by atoms with Crippen molar-refractivity contribution in [1.82, 2.24) is 10.2 Å². The fraction of sp³-hybridized carbons (Fsp3) is 1.00. The topological polar surface area (TPSA) is 15.3 Å². The summed E-state index contributed by atoms with van der Waals surface area (Å²) < 4.78 is 0. The zero-order chi connectivity index (χ0) is 10.8. The summed E-state index contributed by atoms with van der Waals surface area (Å²) in [4.78, 5) is 2.65. The van der Waals surface area contributed by atoms with Crippen molar-refractivity contribution in [3.63, 3.8) is 0 Å². The van der Waals surface area contributed by atoms with E-state index in [-0.39, 0.29) is 0 Å². The van der Waals surface area contributed by atoms with Crippen LogP contribution in [-0.2, 0) is 0 Å². The van der Waals surface area contributed by atoms with Gasteiger partial charge in [-0.25, -0.2) is 0 Å². The molecule has 0 aromatic carbocycles. The van der Waals surface area contributed by atoms with Gasteiger partial charge in [0.1, 0.15) is 0 Å². The summed E-state index contributed by atoms with van der Waals surface area (Å²) in [5, 5.41) is 3.52. The lowest BCUT2D eigenvalue weighted by Crippen LogP contribution is -2.60. The van der Waals surface area contributed by atoms with Crippen LogP contribution in [0.5, 0.6) is 0 Å². The van der Waals surface area contributed by atoms with Gasteiger partial charge in [0.15, 0.2) is 0 Å². The van der Waals surface area contributed by atoms with Crippen LogP contribution < -0.4 is 5.32 Å². The molecule has 0 saturated carbocycles. The van der Waals surface area contributed by atoms with Gasteiger partial charge in [-0.3, -0.25) is 4.90 Å². The van der Waals surface area contributed by atoms with Crippen molar-refractivity contribution in [2.24, 2.45) is 0 Å². The van der Waals surface area contributed by atoms with E-state index in [1.165, 1.54) is 19.4 Å². The summed E-state index contributed by atoms with van der Waals surface area (Å²) in [7, 11) is 0. The summed E-state index contributed by atoms with van der Waals surface area (Å²) >= 11 is 0. The second kappa shape index (κ2) is 4.63. The average Bonchev–Trinajstić information content (AvgIpc) is 2.02. The number of hydrogen-bond acceptors (Lipinski definition) is 2. The average molecular weight is 198 g/mol. The largest absolute Gasteiger partial charge is 0.315 e. The van der Waals surface area contributed by atoms with Gasteiger partial charge in [0.2, 0.25) is 0 Å². The molecule has 0 aromatic rings. The van der Waals surface area contributed by atoms with Gasteiger partial charge in [-0.2, -0.15) is 0 Å². The van der Waals surface area contributed by atoms with Crippen molar-refractivity contribution in [2.75, 3.05) is 13.1 Å². The van der Waals surface area contributed by atoms with Crippen LogP contribution in [0.2, 0.25) is 0 Å². The Morgan fingerprint density at radius 2 is 1.71 bits per heavy atom. The molecule has 14 heavy (non-hydrogen) atoms. The molecule has 2 nitrogen and oxygen atoms in total. The van der Waals surface area contributed by atoms with Crippen LogP contribution in [-0.4, -0.2) is 35.6 Å². The van der Waals surface area contributed by atoms with Gasteiger partial charge in [0.05, 0.1) is 0 Å². The maximum atomic E-state index is 3.52. The predicted octanol–water partition coefficient (Wildman–Crippen LogP) is 2.25. The monoisotopic (exact) mass is 198 g/mol. The maximum Gasteiger partial charge on any atom is 0.0311 e. The first-order chi connectivity index (χ1) is 6.47. The van der Waals surface area contributed by atoms with E-state index in [4.69, 9.17) is 0 Å². The lowest BCUT2D eigenvalue weighted by molar-refractivity contribution is 0.0202. The van der Waals surface area contributed by atoms with E-state index in [9.17, 15) is 0 Å². The minimum Gasteiger partial charge on any atom is -0.315 e. The van der Waals surface area contributed by atoms with Crippen LogP contribution in [0.25, 0.3) is 0 Å². The van der Waals surface area contributed by atoms with Crippen LogP contribution in [0.1, 0.15) is 47.5 Å². The van der Waals surface area contributed by atoms with Crippen molar-refractivity contribution in [3.05, 3.63) is 0 Å². The smallest absolute Gasteiger partial charge is 0.0311 e. The zero-order valence-corrected chi connectivity index (χ0v) is 10.4. The highest BCUT2D eigenvalue weighted by Crippen LogP contribution is 2.27. The van der Waals surface area contributed by atoms with Gasteiger partial charge in [0.25, 0.3) is 0 Å². The van der Waals surface area contributed by atoms with E-state index >= 15 is 0 Å². The molecule has 1 saturated heterocycles. The summed E-state index contributed by atoms with van der Waals surface area (Å²) in [5.41, 5.74) is 0.362. The third-order valence-corrected chi connectivity index (χ3v) is 3.31. The molecular weight excluding hydrogens is 172 g/mol. The van der Waals surface area contributed by atoms with Gasteiger partial charge in [0, 0.05) is 24.2 Å². The van der Waals surface area contributed by atoms with E-state index in [0.29, 0.717) is 17.6 Å². The van der Waals surface area contributed by atoms with Crippen LogP contribution in [0.4, 0.5) is 0 Å². The van der Waals surface area contributed by atoms with E-state index in [2.05, 4.69) is 44.8 Å². The first kappa shape index (κ1) is 12.0. The second-order valence-corrected chi connectivity index (χ2v) is 5.37. The first-order valence-electron chi connectivity index (χ1n) is 5.96. The van der Waals surface area contributed by atoms with Crippen molar-refractivity contribution < 1.29 is 0 Å². The highest BCUT2D eigenvalue weighted by atomic mass is 15.3. The van der Waals surface area contributed by atoms with Crippen LogP contribution in [0.3, 0.4) is 0 Å². The van der Waals surface area contributed by atoms with E-state index in [0.717, 1.165) is 6.54 Å². The third-order valence-electron chi connectivity index (χ3n) is 3.31. The molecule has 1 aliphatic rings. The quantitative estimate of drug-likeness (QED) is 0.748. The molecule has 1 rings (SSSR count). The molecule has 0 aromatic heterocycles. The Kier molecular flexibility index (Phi) is 3.96. The van der Waals surface area contributed by atoms with Gasteiger partial charge in [-0.05, 0) is 54.0 Å². The molecule has 84 valence electrons. The number of piperidine rings is 1. The predicted molar refractivity (Wildman–Crippen MR) is 62.6 cm³/mol. The Hall–Kier alpha value is -0.0800. The number of nitrogens with zero attached hydrogens (tertiary/aromatic N) is 1. The molecule has 1 aliphatic heterocycles. The van der Waals surface area contributed by atoms with Crippen molar-refractivity contribution in [2.45, 2.75) is 65.1 Å². The first-order valence-corrected chi connectivity index (χ1v) is 5.96. The standard InChI is InChI=1S/C12H26N2/c1-10(2)14(11(3)4)12(5)7-6-8-13-9-12/h10-11,13H,6-9H2,1-5H3. The van der Waals surface area contributed by atoms with Gasteiger partial charge >= 0.3 is 0 Å². The van der Waals surface area contributed by atoms with E-state index in [1.807, 2.05) is 0 Å². The lowest BCUT2D eigenvalue weighted by atomic mass is 9.88. The Labute approximate surface area is 89.1 Å². The summed E-state index contributed by atoms with van der Waals surface area (Å²) in [6, 6.07) is 1.28. The van der Waals surface area contributed by atoms with E-state index < -0.39 is 0 Å². The summed E-state index contributed by atoms with van der Waals surface area (Å²) in [6.07, 6.45) is 2.64. The van der Waals surface area contributed by atoms with Crippen molar-refractivity contribution in [3.8, 4) is 0 Å². The Bertz CT molecular complexity index is 161. The molecule has 0 aliphatic carbocycles. The minimum atomic E-state index is 0.362. The molecule has 0 spiro atoms. The molecule has 1 N–H and O–H groups in total. The fourth-order valence-electron chi connectivity index (χ4n) is 3.10. The minimum absolute atomic E-state index is 0.362. The lowest BCUT2D eigenvalue weighted by Gasteiger charge is -2.49. The molecule has 0 bridgehead atoms. The third kappa shape index (κ3) is 2.48. The second-order valence-electron chi connectivity index (χ2n) is 5.37. The Balaban J connectivity index is 2.74. The molecular formula is C12H26N2. The highest BCUT2D eigenvalue weighted by Gasteiger charge is 2.36. The van der Waals surface area contributed by atoms with Crippen LogP contribution in [0, 0.1) is 0 Å². The Morgan fingerprint density at radius 3 is 2.07 bits per heavy atom. The maximum absolute atomic E-state index is 3.52. The SMILES string of the molecule is CC(C)N(C(C)C)C1(C)CCCNC1. The normalized spacial score (nSPS) is 29.1. The number of hydrogen-bond donors (Lipinski definition) is 1. The zero-order valence-electron chi connectivity index (χ0n) is 10.4. The van der Waals surface area contributed by atoms with E-state index in [1.54, 1.807) is 0 Å². The fourth-order valence-corrected chi connectivity index (χ4v) is 3.10. The Morgan fingerprint density at radius 1 is 1.14 bits per heavy atom. The number of rotatable bonds is 3. The molecule has 2 heteroatoms. The van der Waals surface area contributed by atoms with Gasteiger partial charge in [-0.15, -0.1) is 0 Å². The molecule has 1 heterocycles. The van der Waals surface area contributed by atoms with Gasteiger partial charge in [-0.1, -0.05) is 0 Å². The molecule has 1 fully saturated rings. The molecule has 0 radical (unpaired) electrons. The number of nitrogens with one attached hydrogen (secondary N) is 1. The molecule has 1 atom stereocenters. The van der Waals surface area contributed by atoms with Crippen molar-refractivity contribution in [1.29, 1.82) is 0 Å². The van der Waals surface area contributed by atoms with Crippen LogP contribution >= 0.6 is 0 Å².